The summed E-state index contributed by atoms with van der Waals surface area (Å²) in [5.74, 6) is 1.38. The molecule has 0 spiro atoms. The first kappa shape index (κ1) is 11.9. The van der Waals surface area contributed by atoms with Gasteiger partial charge in [0.15, 0.2) is 0 Å². The van der Waals surface area contributed by atoms with Crippen LogP contribution in [-0.4, -0.2) is 0 Å². The lowest BCUT2D eigenvalue weighted by molar-refractivity contribution is 0.274. The average Bonchev–Trinajstić information content (AvgIpc) is 2.79. The molecule has 0 radical (unpaired) electrons. The number of hydrogen-bond acceptors (Lipinski definition) is 3. The fourth-order valence-corrected chi connectivity index (χ4v) is 2.09. The first-order chi connectivity index (χ1) is 9.22. The van der Waals surface area contributed by atoms with E-state index in [-0.39, 0.29) is 0 Å². The van der Waals surface area contributed by atoms with Crippen LogP contribution in [0.2, 0.25) is 5.02 Å². The van der Waals surface area contributed by atoms with E-state index in [1.165, 1.54) is 0 Å². The van der Waals surface area contributed by atoms with Gasteiger partial charge in [0.05, 0.1) is 5.02 Å². The predicted octanol–water partition coefficient (Wildman–Crippen LogP) is 4.25. The van der Waals surface area contributed by atoms with Crippen LogP contribution in [0.4, 0.5) is 5.69 Å². The van der Waals surface area contributed by atoms with Crippen molar-refractivity contribution < 1.29 is 9.15 Å². The Kier molecular flexibility index (Phi) is 3.05. The molecule has 19 heavy (non-hydrogen) atoms. The highest BCUT2D eigenvalue weighted by atomic mass is 35.5. The number of halogens is 1. The van der Waals surface area contributed by atoms with Crippen LogP contribution in [0.25, 0.3) is 11.0 Å². The van der Waals surface area contributed by atoms with Gasteiger partial charge in [-0.15, -0.1) is 0 Å². The molecule has 1 heterocycles. The van der Waals surface area contributed by atoms with E-state index in [1.54, 1.807) is 6.07 Å². The average molecular weight is 274 g/mol. The zero-order chi connectivity index (χ0) is 13.2. The molecule has 1 aromatic heterocycles. The number of nitrogens with two attached hydrogens (primary N) is 1. The Morgan fingerprint density at radius 3 is 2.79 bits per heavy atom. The fourth-order valence-electron chi connectivity index (χ4n) is 1.90. The summed E-state index contributed by atoms with van der Waals surface area (Å²) >= 11 is 6.02. The second-order valence-corrected chi connectivity index (χ2v) is 4.64. The van der Waals surface area contributed by atoms with E-state index in [0.717, 1.165) is 16.7 Å². The third kappa shape index (κ3) is 2.51. The quantitative estimate of drug-likeness (QED) is 0.726. The van der Waals surface area contributed by atoms with Crippen LogP contribution in [0, 0.1) is 0 Å². The number of furan rings is 1. The number of nitrogen functional groups attached to an aromatic ring is 1. The molecule has 0 aliphatic rings. The van der Waals surface area contributed by atoms with Crippen LogP contribution in [0.3, 0.4) is 0 Å². The molecule has 3 aromatic rings. The molecule has 3 nitrogen and oxygen atoms in total. The van der Waals surface area contributed by atoms with Crippen LogP contribution >= 0.6 is 11.6 Å². The number of anilines is 1. The van der Waals surface area contributed by atoms with E-state index in [1.807, 2.05) is 42.5 Å². The van der Waals surface area contributed by atoms with Gasteiger partial charge >= 0.3 is 0 Å². The summed E-state index contributed by atoms with van der Waals surface area (Å²) in [7, 11) is 0. The monoisotopic (exact) mass is 273 g/mol. The zero-order valence-corrected chi connectivity index (χ0v) is 10.9. The van der Waals surface area contributed by atoms with Crippen molar-refractivity contribution in [2.75, 3.05) is 5.73 Å². The molecule has 0 unspecified atom stereocenters. The summed E-state index contributed by atoms with van der Waals surface area (Å²) in [6.07, 6.45) is 0. The molecule has 4 heteroatoms. The van der Waals surface area contributed by atoms with E-state index in [2.05, 4.69) is 0 Å². The van der Waals surface area contributed by atoms with Crippen LogP contribution in [0.15, 0.2) is 52.9 Å². The normalized spacial score (nSPS) is 10.8. The van der Waals surface area contributed by atoms with Crippen LogP contribution < -0.4 is 10.5 Å². The second kappa shape index (κ2) is 4.86. The zero-order valence-electron chi connectivity index (χ0n) is 10.1. The lowest BCUT2D eigenvalue weighted by Crippen LogP contribution is -1.93. The minimum atomic E-state index is 0.332. The molecule has 0 atom stereocenters. The van der Waals surface area contributed by atoms with E-state index < -0.39 is 0 Å². The largest absolute Gasteiger partial charge is 0.484 e. The molecule has 2 aromatic carbocycles. The topological polar surface area (TPSA) is 48.4 Å². The molecule has 0 fully saturated rings. The van der Waals surface area contributed by atoms with Crippen molar-refractivity contribution in [3.63, 3.8) is 0 Å². The maximum Gasteiger partial charge on any atom is 0.146 e. The minimum Gasteiger partial charge on any atom is -0.484 e. The van der Waals surface area contributed by atoms with Crippen LogP contribution in [0.5, 0.6) is 5.75 Å². The van der Waals surface area contributed by atoms with Crippen molar-refractivity contribution in [1.82, 2.24) is 0 Å². The summed E-state index contributed by atoms with van der Waals surface area (Å²) in [4.78, 5) is 0. The van der Waals surface area contributed by atoms with Gasteiger partial charge in [0, 0.05) is 11.1 Å². The van der Waals surface area contributed by atoms with Gasteiger partial charge < -0.3 is 14.9 Å². The Bertz CT molecular complexity index is 721. The van der Waals surface area contributed by atoms with Crippen LogP contribution in [-0.2, 0) is 6.61 Å². The molecular weight excluding hydrogens is 262 g/mol. The predicted molar refractivity (Wildman–Crippen MR) is 76.4 cm³/mol. The van der Waals surface area contributed by atoms with Crippen molar-refractivity contribution >= 4 is 28.3 Å². The van der Waals surface area contributed by atoms with Crippen molar-refractivity contribution in [1.29, 1.82) is 0 Å². The van der Waals surface area contributed by atoms with Gasteiger partial charge in [-0.1, -0.05) is 23.7 Å². The van der Waals surface area contributed by atoms with Gasteiger partial charge in [0.1, 0.15) is 23.7 Å². The summed E-state index contributed by atoms with van der Waals surface area (Å²) in [6, 6.07) is 14.8. The van der Waals surface area contributed by atoms with Crippen molar-refractivity contribution in [3.05, 3.63) is 59.3 Å². The summed E-state index contributed by atoms with van der Waals surface area (Å²) in [5, 5.41) is 1.56. The number of fused-ring (bicyclic) bond motifs is 1. The molecular formula is C15H12ClNO2. The number of ether oxygens (including phenoxy) is 1. The number of hydrogen-bond donors (Lipinski definition) is 1. The Labute approximate surface area is 115 Å². The van der Waals surface area contributed by atoms with Crippen molar-refractivity contribution in [3.8, 4) is 5.75 Å². The standard InChI is InChI=1S/C15H12ClNO2/c16-13-3-1-2-4-15(13)18-9-12-8-10-7-11(17)5-6-14(10)19-12/h1-8H,9,17H2. The molecule has 0 saturated carbocycles. The molecule has 2 N–H and O–H groups in total. The highest BCUT2D eigenvalue weighted by Gasteiger charge is 2.06. The van der Waals surface area contributed by atoms with Gasteiger partial charge in [-0.25, -0.2) is 0 Å². The van der Waals surface area contributed by atoms with Crippen LogP contribution in [0.1, 0.15) is 5.76 Å². The van der Waals surface area contributed by atoms with Gasteiger partial charge in [-0.2, -0.15) is 0 Å². The van der Waals surface area contributed by atoms with E-state index in [9.17, 15) is 0 Å². The van der Waals surface area contributed by atoms with Gasteiger partial charge in [-0.05, 0) is 36.4 Å². The Balaban J connectivity index is 1.80. The minimum absolute atomic E-state index is 0.332. The maximum atomic E-state index is 6.02. The van der Waals surface area contributed by atoms with Gasteiger partial charge in [0.25, 0.3) is 0 Å². The SMILES string of the molecule is Nc1ccc2oc(COc3ccccc3Cl)cc2c1. The van der Waals surface area contributed by atoms with E-state index in [0.29, 0.717) is 23.1 Å². The number of rotatable bonds is 3. The second-order valence-electron chi connectivity index (χ2n) is 4.23. The Hall–Kier alpha value is -2.13. The third-order valence-corrected chi connectivity index (χ3v) is 3.11. The van der Waals surface area contributed by atoms with E-state index in [4.69, 9.17) is 26.5 Å². The first-order valence-electron chi connectivity index (χ1n) is 5.87. The van der Waals surface area contributed by atoms with E-state index >= 15 is 0 Å². The first-order valence-corrected chi connectivity index (χ1v) is 6.25. The molecule has 96 valence electrons. The van der Waals surface area contributed by atoms with Gasteiger partial charge in [0.2, 0.25) is 0 Å². The number of benzene rings is 2. The van der Waals surface area contributed by atoms with Crippen molar-refractivity contribution in [2.24, 2.45) is 0 Å². The maximum absolute atomic E-state index is 6.02. The third-order valence-electron chi connectivity index (χ3n) is 2.80. The Morgan fingerprint density at radius 1 is 1.11 bits per heavy atom. The lowest BCUT2D eigenvalue weighted by atomic mass is 10.2. The molecule has 0 aliphatic heterocycles. The fraction of sp³-hybridized carbons (Fsp3) is 0.0667. The molecule has 0 amide bonds. The summed E-state index contributed by atoms with van der Waals surface area (Å²) in [6.45, 7) is 0.332. The lowest BCUT2D eigenvalue weighted by Gasteiger charge is -2.05. The van der Waals surface area contributed by atoms with Gasteiger partial charge in [-0.3, -0.25) is 0 Å². The summed E-state index contributed by atoms with van der Waals surface area (Å²) < 4.78 is 11.3. The number of para-hydroxylation sites is 1. The molecule has 0 saturated heterocycles. The highest BCUT2D eigenvalue weighted by Crippen LogP contribution is 2.26. The molecule has 3 rings (SSSR count). The highest BCUT2D eigenvalue weighted by molar-refractivity contribution is 6.32. The molecule has 0 aliphatic carbocycles. The molecule has 0 bridgehead atoms. The smallest absolute Gasteiger partial charge is 0.146 e. The van der Waals surface area contributed by atoms with Crippen molar-refractivity contribution in [2.45, 2.75) is 6.61 Å². The Morgan fingerprint density at radius 2 is 1.95 bits per heavy atom. The summed E-state index contributed by atoms with van der Waals surface area (Å²) in [5.41, 5.74) is 7.24.